The molecule has 9 nitrogen and oxygen atoms in total. The molecule has 0 aliphatic rings. The average Bonchev–Trinajstić information content (AvgIpc) is 3.19. The fraction of sp³-hybridized carbons (Fsp3) is 0.235. The molecule has 1 aromatic carbocycles. The Morgan fingerprint density at radius 2 is 1.85 bits per heavy atom. The lowest BCUT2D eigenvalue weighted by Gasteiger charge is -2.19. The molecule has 2 aromatic heterocycles. The van der Waals surface area contributed by atoms with Crippen molar-refractivity contribution in [2.24, 2.45) is 14.1 Å². The van der Waals surface area contributed by atoms with Crippen molar-refractivity contribution in [3.8, 4) is 11.8 Å². The maximum atomic E-state index is 12.2. The monoisotopic (exact) mass is 351 g/mol. The molecular formula is C17H17N7O2. The smallest absolute Gasteiger partial charge is 0.332 e. The molecule has 26 heavy (non-hydrogen) atoms. The molecule has 0 fully saturated rings. The number of aromatic nitrogens is 5. The van der Waals surface area contributed by atoms with Crippen LogP contribution in [0.5, 0.6) is 0 Å². The van der Waals surface area contributed by atoms with Crippen molar-refractivity contribution in [1.29, 1.82) is 5.26 Å². The molecule has 3 rings (SSSR count). The summed E-state index contributed by atoms with van der Waals surface area (Å²) in [5, 5.41) is 16.5. The number of nitrogens with zero attached hydrogens (tertiary/aromatic N) is 6. The van der Waals surface area contributed by atoms with Gasteiger partial charge in [-0.05, 0) is 24.6 Å². The van der Waals surface area contributed by atoms with Gasteiger partial charge in [0.2, 0.25) is 0 Å². The van der Waals surface area contributed by atoms with Crippen molar-refractivity contribution in [2.45, 2.75) is 13.0 Å². The number of rotatable bonds is 4. The van der Waals surface area contributed by atoms with Gasteiger partial charge >= 0.3 is 5.69 Å². The van der Waals surface area contributed by atoms with Gasteiger partial charge in [0.1, 0.15) is 24.5 Å². The van der Waals surface area contributed by atoms with E-state index in [1.165, 1.54) is 25.0 Å². The van der Waals surface area contributed by atoms with E-state index in [0.717, 1.165) is 15.8 Å². The minimum atomic E-state index is -0.619. The maximum absolute atomic E-state index is 12.2. The van der Waals surface area contributed by atoms with Gasteiger partial charge in [-0.15, -0.1) is 0 Å². The van der Waals surface area contributed by atoms with Gasteiger partial charge < -0.3 is 5.32 Å². The Kier molecular flexibility index (Phi) is 4.41. The number of anilines is 1. The Bertz CT molecular complexity index is 1090. The summed E-state index contributed by atoms with van der Waals surface area (Å²) in [4.78, 5) is 28.2. The highest BCUT2D eigenvalue weighted by Gasteiger charge is 2.17. The molecule has 0 saturated carbocycles. The second-order valence-electron chi connectivity index (χ2n) is 5.84. The summed E-state index contributed by atoms with van der Waals surface area (Å²) in [6.07, 6.45) is 3.06. The van der Waals surface area contributed by atoms with E-state index in [1.54, 1.807) is 11.0 Å². The number of hydrogen-bond donors (Lipinski definition) is 1. The van der Waals surface area contributed by atoms with Crippen LogP contribution in [0.2, 0.25) is 0 Å². The zero-order valence-corrected chi connectivity index (χ0v) is 14.5. The van der Waals surface area contributed by atoms with Gasteiger partial charge in [-0.3, -0.25) is 13.9 Å². The van der Waals surface area contributed by atoms with Crippen LogP contribution in [-0.4, -0.2) is 23.9 Å². The third-order valence-corrected chi connectivity index (χ3v) is 4.21. The molecule has 1 N–H and O–H groups in total. The maximum Gasteiger partial charge on any atom is 0.332 e. The van der Waals surface area contributed by atoms with E-state index in [2.05, 4.69) is 15.4 Å². The SMILES string of the molecule is CC(Nc1c(C#N)c(=O)n(C)c(=O)n1C)c1ccc(-n2cncn2)cc1. The number of benzene rings is 1. The number of nitriles is 1. The fourth-order valence-electron chi connectivity index (χ4n) is 2.66. The van der Waals surface area contributed by atoms with Crippen LogP contribution in [0.4, 0.5) is 5.82 Å². The van der Waals surface area contributed by atoms with Gasteiger partial charge in [0.25, 0.3) is 5.56 Å². The fourth-order valence-corrected chi connectivity index (χ4v) is 2.66. The van der Waals surface area contributed by atoms with Crippen molar-refractivity contribution < 1.29 is 0 Å². The molecule has 9 heteroatoms. The average molecular weight is 351 g/mol. The third-order valence-electron chi connectivity index (χ3n) is 4.21. The molecule has 0 radical (unpaired) electrons. The Morgan fingerprint density at radius 3 is 2.42 bits per heavy atom. The molecule has 0 amide bonds. The predicted octanol–water partition coefficient (Wildman–Crippen LogP) is 0.709. The first kappa shape index (κ1) is 17.2. The summed E-state index contributed by atoms with van der Waals surface area (Å²) in [6, 6.07) is 9.23. The molecule has 0 aliphatic carbocycles. The lowest BCUT2D eigenvalue weighted by atomic mass is 10.1. The minimum absolute atomic E-state index is 0.0966. The van der Waals surface area contributed by atoms with Crippen molar-refractivity contribution in [3.05, 3.63) is 68.9 Å². The highest BCUT2D eigenvalue weighted by Crippen LogP contribution is 2.20. The highest BCUT2D eigenvalue weighted by atomic mass is 16.2. The van der Waals surface area contributed by atoms with Crippen molar-refractivity contribution in [1.82, 2.24) is 23.9 Å². The van der Waals surface area contributed by atoms with Crippen LogP contribution < -0.4 is 16.6 Å². The van der Waals surface area contributed by atoms with Crippen LogP contribution in [0, 0.1) is 11.3 Å². The summed E-state index contributed by atoms with van der Waals surface area (Å²) in [5.74, 6) is 0.202. The lowest BCUT2D eigenvalue weighted by molar-refractivity contribution is 0.678. The first-order valence-corrected chi connectivity index (χ1v) is 7.85. The van der Waals surface area contributed by atoms with Crippen LogP contribution in [0.3, 0.4) is 0 Å². The van der Waals surface area contributed by atoms with E-state index in [9.17, 15) is 14.9 Å². The van der Waals surface area contributed by atoms with Crippen LogP contribution in [0.15, 0.2) is 46.5 Å². The quantitative estimate of drug-likeness (QED) is 0.741. The van der Waals surface area contributed by atoms with E-state index < -0.39 is 11.2 Å². The molecular weight excluding hydrogens is 334 g/mol. The number of nitrogens with one attached hydrogen (secondary N) is 1. The van der Waals surface area contributed by atoms with Crippen molar-refractivity contribution in [3.63, 3.8) is 0 Å². The highest BCUT2D eigenvalue weighted by molar-refractivity contribution is 5.52. The third kappa shape index (κ3) is 2.88. The molecule has 3 aromatic rings. The largest absolute Gasteiger partial charge is 0.364 e. The second-order valence-corrected chi connectivity index (χ2v) is 5.84. The molecule has 2 heterocycles. The molecule has 0 saturated heterocycles. The van der Waals surface area contributed by atoms with E-state index in [4.69, 9.17) is 0 Å². The molecule has 1 unspecified atom stereocenters. The van der Waals surface area contributed by atoms with E-state index >= 15 is 0 Å². The first-order chi connectivity index (χ1) is 12.4. The normalized spacial score (nSPS) is 11.8. The van der Waals surface area contributed by atoms with Gasteiger partial charge in [0.15, 0.2) is 5.56 Å². The Balaban J connectivity index is 1.94. The standard InChI is InChI=1S/C17H17N7O2/c1-11(12-4-6-13(7-5-12)24-10-19-9-20-24)21-15-14(8-18)16(25)23(3)17(26)22(15)2/h4-7,9-11,21H,1-3H3. The van der Waals surface area contributed by atoms with Crippen LogP contribution in [0.1, 0.15) is 24.1 Å². The molecule has 132 valence electrons. The Morgan fingerprint density at radius 1 is 1.15 bits per heavy atom. The Labute approximate surface area is 148 Å². The summed E-state index contributed by atoms with van der Waals surface area (Å²) < 4.78 is 3.82. The minimum Gasteiger partial charge on any atom is -0.364 e. The van der Waals surface area contributed by atoms with Gasteiger partial charge in [-0.25, -0.2) is 14.5 Å². The van der Waals surface area contributed by atoms with Gasteiger partial charge in [-0.2, -0.15) is 10.4 Å². The molecule has 1 atom stereocenters. The van der Waals surface area contributed by atoms with Crippen LogP contribution in [-0.2, 0) is 14.1 Å². The van der Waals surface area contributed by atoms with E-state index in [0.29, 0.717) is 0 Å². The topological polar surface area (TPSA) is 111 Å². The van der Waals surface area contributed by atoms with E-state index in [1.807, 2.05) is 37.3 Å². The summed E-state index contributed by atoms with van der Waals surface area (Å²) in [6.45, 7) is 1.88. The van der Waals surface area contributed by atoms with E-state index in [-0.39, 0.29) is 17.4 Å². The van der Waals surface area contributed by atoms with Gasteiger partial charge in [-0.1, -0.05) is 12.1 Å². The first-order valence-electron chi connectivity index (χ1n) is 7.85. The van der Waals surface area contributed by atoms with Crippen LogP contribution >= 0.6 is 0 Å². The molecule has 0 bridgehead atoms. The zero-order chi connectivity index (χ0) is 18.8. The second kappa shape index (κ2) is 6.68. The molecule has 0 spiro atoms. The summed E-state index contributed by atoms with van der Waals surface area (Å²) in [7, 11) is 2.87. The van der Waals surface area contributed by atoms with Crippen molar-refractivity contribution in [2.75, 3.05) is 5.32 Å². The van der Waals surface area contributed by atoms with Gasteiger partial charge in [0.05, 0.1) is 5.69 Å². The summed E-state index contributed by atoms with van der Waals surface area (Å²) in [5.41, 5.74) is 0.570. The predicted molar refractivity (Wildman–Crippen MR) is 95.0 cm³/mol. The lowest BCUT2D eigenvalue weighted by Crippen LogP contribution is -2.40. The molecule has 0 aliphatic heterocycles. The Hall–Kier alpha value is -3.67. The van der Waals surface area contributed by atoms with Crippen LogP contribution in [0.25, 0.3) is 5.69 Å². The van der Waals surface area contributed by atoms with Gasteiger partial charge in [0, 0.05) is 20.1 Å². The number of hydrogen-bond acceptors (Lipinski definition) is 6. The van der Waals surface area contributed by atoms with Crippen molar-refractivity contribution >= 4 is 5.82 Å². The zero-order valence-electron chi connectivity index (χ0n) is 14.5. The summed E-state index contributed by atoms with van der Waals surface area (Å²) >= 11 is 0.